The molecule has 6 nitrogen and oxygen atoms in total. The number of esters is 1. The lowest BCUT2D eigenvalue weighted by molar-refractivity contribution is 0.0600. The predicted molar refractivity (Wildman–Crippen MR) is 80.6 cm³/mol. The second-order valence-corrected chi connectivity index (χ2v) is 5.34. The lowest BCUT2D eigenvalue weighted by Gasteiger charge is -2.32. The van der Waals surface area contributed by atoms with E-state index >= 15 is 0 Å². The van der Waals surface area contributed by atoms with Gasteiger partial charge in [-0.1, -0.05) is 11.6 Å². The number of benzene rings is 1. The zero-order valence-corrected chi connectivity index (χ0v) is 12.5. The minimum absolute atomic E-state index is 0.186. The average molecular weight is 312 g/mol. The predicted octanol–water partition coefficient (Wildman–Crippen LogP) is 2.08. The molecule has 0 radical (unpaired) electrons. The van der Waals surface area contributed by atoms with Crippen LogP contribution in [0.4, 0.5) is 10.5 Å². The fourth-order valence-electron chi connectivity index (χ4n) is 2.34. The number of ether oxygens (including phenoxy) is 1. The number of rotatable bonds is 3. The van der Waals surface area contributed by atoms with Crippen LogP contribution in [-0.2, 0) is 4.74 Å². The van der Waals surface area contributed by atoms with Crippen LogP contribution >= 0.6 is 11.6 Å². The second-order valence-electron chi connectivity index (χ2n) is 4.93. The number of nitrogens with one attached hydrogen (secondary N) is 1. The van der Waals surface area contributed by atoms with Crippen molar-refractivity contribution in [1.82, 2.24) is 4.90 Å². The van der Waals surface area contributed by atoms with Crippen LogP contribution in [-0.4, -0.2) is 43.1 Å². The topological polar surface area (TPSA) is 84.7 Å². The quantitative estimate of drug-likeness (QED) is 0.837. The highest BCUT2D eigenvalue weighted by Gasteiger charge is 2.21. The molecule has 2 amide bonds. The van der Waals surface area contributed by atoms with Gasteiger partial charge >= 0.3 is 12.0 Å². The first-order valence-electron chi connectivity index (χ1n) is 6.70. The van der Waals surface area contributed by atoms with E-state index in [0.717, 1.165) is 12.8 Å². The van der Waals surface area contributed by atoms with Crippen LogP contribution < -0.4 is 11.1 Å². The van der Waals surface area contributed by atoms with Gasteiger partial charge in [-0.3, -0.25) is 0 Å². The molecule has 1 aliphatic heterocycles. The number of urea groups is 1. The molecule has 0 spiro atoms. The van der Waals surface area contributed by atoms with Gasteiger partial charge in [0.15, 0.2) is 0 Å². The number of piperidine rings is 1. The maximum Gasteiger partial charge on any atom is 0.337 e. The molecule has 0 saturated carbocycles. The summed E-state index contributed by atoms with van der Waals surface area (Å²) in [6.07, 6.45) is 1.56. The van der Waals surface area contributed by atoms with Crippen LogP contribution in [0.15, 0.2) is 18.2 Å². The summed E-state index contributed by atoms with van der Waals surface area (Å²) >= 11 is 6.14. The standard InChI is InChI=1S/C14H18ClN3O3/c1-21-13(19)9-2-3-11(15)12(8-9)17-10-4-6-18(7-5-10)14(16)20/h2-3,8,10,17H,4-7H2,1H3,(H2,16,20). The van der Waals surface area contributed by atoms with Crippen molar-refractivity contribution in [2.24, 2.45) is 5.73 Å². The summed E-state index contributed by atoms with van der Waals surface area (Å²) in [5.74, 6) is -0.404. The molecule has 1 heterocycles. The Hall–Kier alpha value is -1.95. The summed E-state index contributed by atoms with van der Waals surface area (Å²) in [5, 5.41) is 3.85. The van der Waals surface area contributed by atoms with Gasteiger partial charge in [-0.25, -0.2) is 9.59 Å². The van der Waals surface area contributed by atoms with Crippen LogP contribution in [0.3, 0.4) is 0 Å². The molecule has 2 rings (SSSR count). The lowest BCUT2D eigenvalue weighted by Crippen LogP contribution is -2.44. The lowest BCUT2D eigenvalue weighted by atomic mass is 10.0. The Morgan fingerprint density at radius 3 is 2.62 bits per heavy atom. The molecular formula is C14H18ClN3O3. The molecule has 1 aliphatic rings. The van der Waals surface area contributed by atoms with Gasteiger partial charge < -0.3 is 20.7 Å². The van der Waals surface area contributed by atoms with E-state index in [-0.39, 0.29) is 12.1 Å². The number of nitrogens with zero attached hydrogens (tertiary/aromatic N) is 1. The van der Waals surface area contributed by atoms with Crippen molar-refractivity contribution < 1.29 is 14.3 Å². The Kier molecular flexibility index (Phi) is 4.90. The van der Waals surface area contributed by atoms with Gasteiger partial charge in [-0.2, -0.15) is 0 Å². The van der Waals surface area contributed by atoms with Crippen LogP contribution in [0.2, 0.25) is 5.02 Å². The number of methoxy groups -OCH3 is 1. The largest absolute Gasteiger partial charge is 0.465 e. The van der Waals surface area contributed by atoms with Gasteiger partial charge in [0.05, 0.1) is 23.4 Å². The molecule has 1 saturated heterocycles. The van der Waals surface area contributed by atoms with Crippen LogP contribution in [0.5, 0.6) is 0 Å². The summed E-state index contributed by atoms with van der Waals surface area (Å²) < 4.78 is 4.69. The third kappa shape index (κ3) is 3.78. The number of hydrogen-bond acceptors (Lipinski definition) is 4. The van der Waals surface area contributed by atoms with Crippen molar-refractivity contribution in [3.8, 4) is 0 Å². The van der Waals surface area contributed by atoms with Crippen LogP contribution in [0, 0.1) is 0 Å². The Balaban J connectivity index is 2.03. The van der Waals surface area contributed by atoms with E-state index in [4.69, 9.17) is 22.1 Å². The highest BCUT2D eigenvalue weighted by Crippen LogP contribution is 2.26. The van der Waals surface area contributed by atoms with E-state index in [2.05, 4.69) is 5.32 Å². The Morgan fingerprint density at radius 1 is 1.38 bits per heavy atom. The number of amides is 2. The molecule has 114 valence electrons. The fraction of sp³-hybridized carbons (Fsp3) is 0.429. The zero-order valence-electron chi connectivity index (χ0n) is 11.8. The Morgan fingerprint density at radius 2 is 2.05 bits per heavy atom. The molecule has 7 heteroatoms. The Bertz CT molecular complexity index is 542. The number of carbonyl (C=O) groups is 2. The number of anilines is 1. The molecule has 1 aromatic rings. The monoisotopic (exact) mass is 311 g/mol. The number of nitrogens with two attached hydrogens (primary N) is 1. The number of primary amides is 1. The first kappa shape index (κ1) is 15.4. The van der Waals surface area contributed by atoms with Crippen molar-refractivity contribution in [1.29, 1.82) is 0 Å². The summed E-state index contributed by atoms with van der Waals surface area (Å²) in [6, 6.07) is 4.75. The maximum atomic E-state index is 11.5. The van der Waals surface area contributed by atoms with E-state index in [1.165, 1.54) is 7.11 Å². The van der Waals surface area contributed by atoms with Crippen molar-refractivity contribution in [3.05, 3.63) is 28.8 Å². The maximum absolute atomic E-state index is 11.5. The normalized spacial score (nSPS) is 15.6. The van der Waals surface area contributed by atoms with E-state index in [0.29, 0.717) is 29.4 Å². The fourth-order valence-corrected chi connectivity index (χ4v) is 2.52. The highest BCUT2D eigenvalue weighted by molar-refractivity contribution is 6.33. The molecule has 1 aromatic carbocycles. The number of halogens is 1. The third-order valence-corrected chi connectivity index (χ3v) is 3.88. The van der Waals surface area contributed by atoms with Crippen molar-refractivity contribution >= 4 is 29.3 Å². The van der Waals surface area contributed by atoms with Crippen molar-refractivity contribution in [2.75, 3.05) is 25.5 Å². The van der Waals surface area contributed by atoms with Gasteiger partial charge in [0.2, 0.25) is 0 Å². The van der Waals surface area contributed by atoms with Gasteiger partial charge in [0.25, 0.3) is 0 Å². The van der Waals surface area contributed by atoms with Gasteiger partial charge in [-0.15, -0.1) is 0 Å². The van der Waals surface area contributed by atoms with E-state index in [1.807, 2.05) is 0 Å². The van der Waals surface area contributed by atoms with Crippen LogP contribution in [0.25, 0.3) is 0 Å². The minimum Gasteiger partial charge on any atom is -0.465 e. The second kappa shape index (κ2) is 6.67. The molecule has 3 N–H and O–H groups in total. The molecule has 0 aliphatic carbocycles. The third-order valence-electron chi connectivity index (χ3n) is 3.55. The van der Waals surface area contributed by atoms with Gasteiger partial charge in [0.1, 0.15) is 0 Å². The molecule has 0 atom stereocenters. The van der Waals surface area contributed by atoms with Crippen molar-refractivity contribution in [2.45, 2.75) is 18.9 Å². The minimum atomic E-state index is -0.404. The van der Waals surface area contributed by atoms with Gasteiger partial charge in [-0.05, 0) is 31.0 Å². The van der Waals surface area contributed by atoms with Crippen LogP contribution in [0.1, 0.15) is 23.2 Å². The highest BCUT2D eigenvalue weighted by atomic mass is 35.5. The number of hydrogen-bond donors (Lipinski definition) is 2. The molecular weight excluding hydrogens is 294 g/mol. The summed E-state index contributed by atoms with van der Waals surface area (Å²) in [7, 11) is 1.34. The van der Waals surface area contributed by atoms with E-state index < -0.39 is 5.97 Å². The number of likely N-dealkylation sites (tertiary alicyclic amines) is 1. The molecule has 0 unspecified atom stereocenters. The first-order chi connectivity index (χ1) is 10.0. The Labute approximate surface area is 128 Å². The summed E-state index contributed by atoms with van der Waals surface area (Å²) in [4.78, 5) is 24.2. The summed E-state index contributed by atoms with van der Waals surface area (Å²) in [6.45, 7) is 1.22. The SMILES string of the molecule is COC(=O)c1ccc(Cl)c(NC2CCN(C(N)=O)CC2)c1. The van der Waals surface area contributed by atoms with Crippen molar-refractivity contribution in [3.63, 3.8) is 0 Å². The molecule has 0 bridgehead atoms. The zero-order chi connectivity index (χ0) is 15.4. The average Bonchev–Trinajstić information content (AvgIpc) is 2.49. The van der Waals surface area contributed by atoms with E-state index in [9.17, 15) is 9.59 Å². The van der Waals surface area contributed by atoms with Gasteiger partial charge in [0, 0.05) is 19.1 Å². The van der Waals surface area contributed by atoms with E-state index in [1.54, 1.807) is 23.1 Å². The first-order valence-corrected chi connectivity index (χ1v) is 7.08. The summed E-state index contributed by atoms with van der Waals surface area (Å²) in [5.41, 5.74) is 6.39. The molecule has 21 heavy (non-hydrogen) atoms. The number of carbonyl (C=O) groups excluding carboxylic acids is 2. The molecule has 0 aromatic heterocycles. The smallest absolute Gasteiger partial charge is 0.337 e. The molecule has 1 fully saturated rings.